The quantitative estimate of drug-likeness (QED) is 0.342. The summed E-state index contributed by atoms with van der Waals surface area (Å²) in [5.41, 5.74) is 6.08. The van der Waals surface area contributed by atoms with E-state index >= 15 is 0 Å². The van der Waals surface area contributed by atoms with Crippen molar-refractivity contribution in [1.82, 2.24) is 0 Å². The molecular formula is C10H13IN2O2. The van der Waals surface area contributed by atoms with Gasteiger partial charge in [0.15, 0.2) is 11.5 Å². The van der Waals surface area contributed by atoms with Crippen LogP contribution in [0.4, 0.5) is 0 Å². The Bertz CT molecular complexity index is 387. The number of phenolic OH excluding ortho intramolecular Hbond substituents is 2. The average molecular weight is 324 g/mol. The molecule has 1 aromatic carbocycles. The monoisotopic (exact) mass is 324 g/mol. The number of hydrogen-bond acceptors (Lipinski definition) is 3. The van der Waals surface area contributed by atoms with Gasteiger partial charge in [-0.2, -0.15) is 0 Å². The molecule has 4 nitrogen and oxygen atoms in total. The Balaban J connectivity index is 2.81. The lowest BCUT2D eigenvalue weighted by molar-refractivity contribution is 0.399. The van der Waals surface area contributed by atoms with Crippen LogP contribution in [0.2, 0.25) is 0 Å². The SMILES string of the molecule is CC(N)=NCCc1cc([131I])cc(O)c1O. The summed E-state index contributed by atoms with van der Waals surface area (Å²) in [5, 5.41) is 18.9. The third-order valence-electron chi connectivity index (χ3n) is 1.88. The van der Waals surface area contributed by atoms with Crippen molar-refractivity contribution in [1.29, 1.82) is 0 Å². The maximum atomic E-state index is 9.55. The molecule has 0 atom stereocenters. The molecule has 0 bridgehead atoms. The number of nitrogens with zero attached hydrogens (tertiary/aromatic N) is 1. The van der Waals surface area contributed by atoms with Crippen LogP contribution in [0.25, 0.3) is 0 Å². The topological polar surface area (TPSA) is 78.8 Å². The van der Waals surface area contributed by atoms with Crippen LogP contribution in [0.15, 0.2) is 17.1 Å². The molecule has 0 aliphatic carbocycles. The first-order chi connectivity index (χ1) is 7.00. The van der Waals surface area contributed by atoms with E-state index in [4.69, 9.17) is 5.73 Å². The van der Waals surface area contributed by atoms with Crippen molar-refractivity contribution in [2.75, 3.05) is 6.54 Å². The lowest BCUT2D eigenvalue weighted by Gasteiger charge is -2.05. The fraction of sp³-hybridized carbons (Fsp3) is 0.300. The second-order valence-corrected chi connectivity index (χ2v) is 4.45. The van der Waals surface area contributed by atoms with Crippen molar-refractivity contribution >= 4 is 28.4 Å². The molecular weight excluding hydrogens is 311 g/mol. The lowest BCUT2D eigenvalue weighted by atomic mass is 10.1. The van der Waals surface area contributed by atoms with Gasteiger partial charge in [-0.25, -0.2) is 0 Å². The van der Waals surface area contributed by atoms with Crippen molar-refractivity contribution in [2.45, 2.75) is 13.3 Å². The molecule has 0 aromatic heterocycles. The second kappa shape index (κ2) is 5.20. The smallest absolute Gasteiger partial charge is 0.160 e. The zero-order chi connectivity index (χ0) is 11.4. The molecule has 0 spiro atoms. The van der Waals surface area contributed by atoms with Crippen LogP contribution < -0.4 is 5.73 Å². The Labute approximate surface area is 102 Å². The standard InChI is InChI=1S/C10H13IN2O2/c1-6(12)13-3-2-7-4-8(11)5-9(14)10(7)15/h4-5,14-15H,2-3H2,1H3,(H2,12,13)/i11+4. The van der Waals surface area contributed by atoms with Crippen molar-refractivity contribution < 1.29 is 10.2 Å². The Morgan fingerprint density at radius 2 is 2.13 bits per heavy atom. The van der Waals surface area contributed by atoms with Gasteiger partial charge in [-0.3, -0.25) is 4.99 Å². The van der Waals surface area contributed by atoms with Gasteiger partial charge in [-0.05, 0) is 48.1 Å². The Hall–Kier alpha value is -0.980. The number of amidine groups is 1. The van der Waals surface area contributed by atoms with Crippen LogP contribution >= 0.6 is 22.6 Å². The molecule has 0 aliphatic heterocycles. The zero-order valence-corrected chi connectivity index (χ0v) is 10.5. The number of aromatic hydroxyl groups is 2. The van der Waals surface area contributed by atoms with Gasteiger partial charge in [0, 0.05) is 15.7 Å². The number of rotatable bonds is 3. The zero-order valence-electron chi connectivity index (χ0n) is 8.37. The molecule has 0 heterocycles. The van der Waals surface area contributed by atoms with Gasteiger partial charge < -0.3 is 15.9 Å². The van der Waals surface area contributed by atoms with E-state index in [0.717, 1.165) is 3.57 Å². The highest BCUT2D eigenvalue weighted by Gasteiger charge is 2.07. The van der Waals surface area contributed by atoms with Crippen LogP contribution in [-0.2, 0) is 6.42 Å². The minimum atomic E-state index is -0.0923. The molecule has 0 amide bonds. The lowest BCUT2D eigenvalue weighted by Crippen LogP contribution is -2.06. The first kappa shape index (κ1) is 12.1. The molecule has 4 N–H and O–H groups in total. The summed E-state index contributed by atoms with van der Waals surface area (Å²) < 4.78 is 0.881. The summed E-state index contributed by atoms with van der Waals surface area (Å²) in [7, 11) is 0. The van der Waals surface area contributed by atoms with E-state index in [0.29, 0.717) is 24.4 Å². The Kier molecular flexibility index (Phi) is 4.19. The molecule has 0 saturated heterocycles. The van der Waals surface area contributed by atoms with Gasteiger partial charge in [-0.15, -0.1) is 0 Å². The fourth-order valence-corrected chi connectivity index (χ4v) is 1.85. The van der Waals surface area contributed by atoms with Gasteiger partial charge in [0.1, 0.15) is 0 Å². The first-order valence-electron chi connectivity index (χ1n) is 4.47. The maximum Gasteiger partial charge on any atom is 0.160 e. The highest BCUT2D eigenvalue weighted by atomic mass is 131. The molecule has 1 aromatic rings. The number of nitrogens with two attached hydrogens (primary N) is 1. The van der Waals surface area contributed by atoms with E-state index in [2.05, 4.69) is 27.6 Å². The number of aliphatic imine (C=N–C) groups is 1. The average Bonchev–Trinajstić information content (AvgIpc) is 2.12. The number of phenols is 2. The van der Waals surface area contributed by atoms with Crippen LogP contribution in [0.5, 0.6) is 11.5 Å². The van der Waals surface area contributed by atoms with Crippen LogP contribution in [0, 0.1) is 3.57 Å². The normalized spacial score (nSPS) is 11.7. The van der Waals surface area contributed by atoms with E-state index in [1.165, 1.54) is 6.07 Å². The van der Waals surface area contributed by atoms with Crippen molar-refractivity contribution in [3.63, 3.8) is 0 Å². The maximum absolute atomic E-state index is 9.55. The molecule has 15 heavy (non-hydrogen) atoms. The Morgan fingerprint density at radius 3 is 2.73 bits per heavy atom. The molecule has 0 aliphatic rings. The molecule has 82 valence electrons. The second-order valence-electron chi connectivity index (χ2n) is 3.21. The molecule has 0 radical (unpaired) electrons. The summed E-state index contributed by atoms with van der Waals surface area (Å²) in [6.45, 7) is 2.22. The summed E-state index contributed by atoms with van der Waals surface area (Å²) in [6, 6.07) is 3.33. The van der Waals surface area contributed by atoms with Crippen molar-refractivity contribution in [2.24, 2.45) is 10.7 Å². The van der Waals surface area contributed by atoms with Gasteiger partial charge >= 0.3 is 0 Å². The molecule has 5 heteroatoms. The Morgan fingerprint density at radius 1 is 1.47 bits per heavy atom. The van der Waals surface area contributed by atoms with Gasteiger partial charge in [0.25, 0.3) is 0 Å². The fourth-order valence-electron chi connectivity index (χ4n) is 1.18. The van der Waals surface area contributed by atoms with Crippen LogP contribution in [0.3, 0.4) is 0 Å². The largest absolute Gasteiger partial charge is 0.504 e. The summed E-state index contributed by atoms with van der Waals surface area (Å²) in [6.07, 6.45) is 0.560. The molecule has 0 fully saturated rings. The number of halogens is 1. The summed E-state index contributed by atoms with van der Waals surface area (Å²) >= 11 is 2.08. The highest BCUT2D eigenvalue weighted by Crippen LogP contribution is 2.31. The van der Waals surface area contributed by atoms with Gasteiger partial charge in [0.2, 0.25) is 0 Å². The first-order valence-corrected chi connectivity index (χ1v) is 5.55. The van der Waals surface area contributed by atoms with E-state index in [1.54, 1.807) is 6.92 Å². The van der Waals surface area contributed by atoms with Crippen molar-refractivity contribution in [3.05, 3.63) is 21.3 Å². The summed E-state index contributed by atoms with van der Waals surface area (Å²) in [4.78, 5) is 4.02. The molecule has 0 unspecified atom stereocenters. The van der Waals surface area contributed by atoms with Gasteiger partial charge in [0.05, 0.1) is 5.84 Å². The predicted octanol–water partition coefficient (Wildman–Crippen LogP) is 1.62. The van der Waals surface area contributed by atoms with Crippen molar-refractivity contribution in [3.8, 4) is 11.5 Å². The molecule has 1 rings (SSSR count). The number of hydrogen-bond donors (Lipinski definition) is 3. The number of benzene rings is 1. The minimum Gasteiger partial charge on any atom is -0.504 e. The summed E-state index contributed by atoms with van der Waals surface area (Å²) in [5.74, 6) is 0.356. The minimum absolute atomic E-state index is 0.0692. The van der Waals surface area contributed by atoms with E-state index < -0.39 is 0 Å². The van der Waals surface area contributed by atoms with E-state index in [9.17, 15) is 10.2 Å². The van der Waals surface area contributed by atoms with E-state index in [-0.39, 0.29) is 11.5 Å². The van der Waals surface area contributed by atoms with Crippen LogP contribution in [0.1, 0.15) is 12.5 Å². The van der Waals surface area contributed by atoms with Gasteiger partial charge in [-0.1, -0.05) is 0 Å². The third kappa shape index (κ3) is 3.58. The third-order valence-corrected chi connectivity index (χ3v) is 2.50. The molecule has 0 saturated carbocycles. The van der Waals surface area contributed by atoms with E-state index in [1.807, 2.05) is 6.07 Å². The highest BCUT2D eigenvalue weighted by molar-refractivity contribution is 14.1. The predicted molar refractivity (Wildman–Crippen MR) is 68.4 cm³/mol. The van der Waals surface area contributed by atoms with Crippen LogP contribution in [-0.4, -0.2) is 22.6 Å².